The fourth-order valence-electron chi connectivity index (χ4n) is 1.11. The van der Waals surface area contributed by atoms with Gasteiger partial charge in [-0.15, -0.1) is 0 Å². The van der Waals surface area contributed by atoms with Crippen molar-refractivity contribution in [3.8, 4) is 0 Å². The number of nitrogens with zero attached hydrogens (tertiary/aromatic N) is 2. The van der Waals surface area contributed by atoms with E-state index in [1.165, 1.54) is 18.3 Å². The Morgan fingerprint density at radius 3 is 2.47 bits per heavy atom. The van der Waals surface area contributed by atoms with Crippen molar-refractivity contribution in [1.29, 1.82) is 0 Å². The minimum absolute atomic E-state index is 0.215. The predicted octanol–water partition coefficient (Wildman–Crippen LogP) is -1.39. The summed E-state index contributed by atoms with van der Waals surface area (Å²) in [5.41, 5.74) is 0.420. The zero-order valence-corrected chi connectivity index (χ0v) is 8.34. The molecule has 0 aliphatic heterocycles. The summed E-state index contributed by atoms with van der Waals surface area (Å²) in [6.07, 6.45) is 1.34. The Balaban J connectivity index is 2.81. The molecular weight excluding hydrogens is 202 g/mol. The van der Waals surface area contributed by atoms with Crippen LogP contribution in [0.15, 0.2) is 18.3 Å². The van der Waals surface area contributed by atoms with Crippen molar-refractivity contribution in [3.63, 3.8) is 0 Å². The second kappa shape index (κ2) is 4.56. The molecule has 15 heavy (non-hydrogen) atoms. The van der Waals surface area contributed by atoms with Gasteiger partial charge in [-0.25, -0.2) is 4.39 Å². The van der Waals surface area contributed by atoms with E-state index in [-0.39, 0.29) is 12.1 Å². The van der Waals surface area contributed by atoms with Crippen molar-refractivity contribution in [2.45, 2.75) is 0 Å². The maximum Gasteiger partial charge on any atom is 0.420 e. The Morgan fingerprint density at radius 1 is 1.40 bits per heavy atom. The van der Waals surface area contributed by atoms with E-state index in [0.717, 1.165) is 0 Å². The number of rotatable bonds is 4. The van der Waals surface area contributed by atoms with Gasteiger partial charge in [0.25, 0.3) is 0 Å². The number of hydrogen-bond acceptors (Lipinski definition) is 5. The summed E-state index contributed by atoms with van der Waals surface area (Å²) in [6.45, 7) is -3.80. The van der Waals surface area contributed by atoms with E-state index in [2.05, 4.69) is 4.98 Å². The molecule has 0 aromatic carbocycles. The van der Waals surface area contributed by atoms with Crippen LogP contribution in [-0.2, 0) is 0 Å². The Morgan fingerprint density at radius 2 is 2.07 bits per heavy atom. The van der Waals surface area contributed by atoms with Gasteiger partial charge in [-0.1, -0.05) is 6.07 Å². The average molecular weight is 215 g/mol. The van der Waals surface area contributed by atoms with Crippen LogP contribution in [0.4, 0.5) is 10.1 Å². The van der Waals surface area contributed by atoms with Crippen LogP contribution < -0.4 is 10.5 Å². The number of pyridine rings is 1. The summed E-state index contributed by atoms with van der Waals surface area (Å²) >= 11 is 0. The molecular formula is C8H13BFN2O3-. The molecule has 3 N–H and O–H groups in total. The van der Waals surface area contributed by atoms with Gasteiger partial charge in [0.05, 0.1) is 5.69 Å². The summed E-state index contributed by atoms with van der Waals surface area (Å²) in [5.74, 6) is 0. The minimum atomic E-state index is -3.55. The number of halogens is 1. The largest absolute Gasteiger partial charge is 0.555 e. The van der Waals surface area contributed by atoms with Crippen LogP contribution in [-0.4, -0.2) is 47.1 Å². The summed E-state index contributed by atoms with van der Waals surface area (Å²) in [6, 6.07) is 2.81. The van der Waals surface area contributed by atoms with Gasteiger partial charge in [-0.3, -0.25) is 4.98 Å². The fraction of sp³-hybridized carbons (Fsp3) is 0.375. The molecule has 84 valence electrons. The van der Waals surface area contributed by atoms with Gasteiger partial charge < -0.3 is 20.0 Å². The molecule has 1 heterocycles. The molecule has 1 rings (SSSR count). The highest BCUT2D eigenvalue weighted by atomic mass is 19.1. The van der Waals surface area contributed by atoms with Gasteiger partial charge in [0.1, 0.15) is 6.67 Å². The molecule has 1 aromatic rings. The normalized spacial score (nSPS) is 11.5. The molecule has 0 unspecified atom stereocenters. The van der Waals surface area contributed by atoms with Crippen LogP contribution in [0.3, 0.4) is 0 Å². The highest BCUT2D eigenvalue weighted by Crippen LogP contribution is 2.08. The van der Waals surface area contributed by atoms with E-state index in [1.54, 1.807) is 11.9 Å². The Labute approximate surface area is 86.8 Å². The first-order valence-electron chi connectivity index (χ1n) is 4.50. The number of hydrogen-bond donors (Lipinski definition) is 3. The van der Waals surface area contributed by atoms with E-state index in [9.17, 15) is 4.39 Å². The number of alkyl halides is 1. The Kier molecular flexibility index (Phi) is 3.62. The van der Waals surface area contributed by atoms with Gasteiger partial charge >= 0.3 is 6.75 Å². The van der Waals surface area contributed by atoms with Crippen molar-refractivity contribution < 1.29 is 19.5 Å². The molecule has 0 bridgehead atoms. The second-order valence-corrected chi connectivity index (χ2v) is 3.29. The van der Waals surface area contributed by atoms with Crippen molar-refractivity contribution in [3.05, 3.63) is 18.3 Å². The van der Waals surface area contributed by atoms with E-state index >= 15 is 0 Å². The Hall–Kier alpha value is -1.18. The first kappa shape index (κ1) is 11.9. The molecule has 0 atom stereocenters. The van der Waals surface area contributed by atoms with Crippen molar-refractivity contribution in [2.75, 3.05) is 25.2 Å². The van der Waals surface area contributed by atoms with E-state index in [0.29, 0.717) is 5.69 Å². The molecule has 5 nitrogen and oxygen atoms in total. The third-order valence-electron chi connectivity index (χ3n) is 2.03. The van der Waals surface area contributed by atoms with Crippen molar-refractivity contribution >= 4 is 18.0 Å². The molecule has 7 heteroatoms. The maximum absolute atomic E-state index is 12.0. The molecule has 0 amide bonds. The van der Waals surface area contributed by atoms with Crippen LogP contribution in [0, 0.1) is 0 Å². The van der Waals surface area contributed by atoms with Crippen LogP contribution in [0.1, 0.15) is 0 Å². The van der Waals surface area contributed by atoms with Gasteiger partial charge in [0.15, 0.2) is 0 Å². The quantitative estimate of drug-likeness (QED) is 0.539. The van der Waals surface area contributed by atoms with E-state index in [1.807, 2.05) is 0 Å². The first-order chi connectivity index (χ1) is 6.95. The fourth-order valence-corrected chi connectivity index (χ4v) is 1.11. The van der Waals surface area contributed by atoms with Crippen LogP contribution >= 0.6 is 0 Å². The standard InChI is InChI=1S/C8H13BFN2O3/c1-12(5-4-10)7-2-3-8(11-6-7)9(13,14)15/h2-3,6,13-15H,4-5H2,1H3/q-1. The smallest absolute Gasteiger partial charge is 0.420 e. The average Bonchev–Trinajstić information content (AvgIpc) is 2.17. The zero-order valence-electron chi connectivity index (χ0n) is 8.34. The molecule has 0 saturated carbocycles. The first-order valence-corrected chi connectivity index (χ1v) is 4.50. The third kappa shape index (κ3) is 3.16. The van der Waals surface area contributed by atoms with Gasteiger partial charge in [-0.2, -0.15) is 0 Å². The van der Waals surface area contributed by atoms with Crippen LogP contribution in [0.25, 0.3) is 0 Å². The highest BCUT2D eigenvalue weighted by Gasteiger charge is 2.19. The predicted molar refractivity (Wildman–Crippen MR) is 55.5 cm³/mol. The second-order valence-electron chi connectivity index (χ2n) is 3.29. The molecule has 0 aliphatic carbocycles. The summed E-state index contributed by atoms with van der Waals surface area (Å²) in [7, 11) is 1.69. The van der Waals surface area contributed by atoms with Crippen molar-refractivity contribution in [2.24, 2.45) is 0 Å². The summed E-state index contributed by atoms with van der Waals surface area (Å²) in [4.78, 5) is 5.29. The lowest BCUT2D eigenvalue weighted by Gasteiger charge is -2.22. The molecule has 0 saturated heterocycles. The van der Waals surface area contributed by atoms with Crippen molar-refractivity contribution in [1.82, 2.24) is 4.98 Å². The maximum atomic E-state index is 12.0. The lowest BCUT2D eigenvalue weighted by Crippen LogP contribution is -2.50. The molecule has 0 aliphatic rings. The summed E-state index contributed by atoms with van der Waals surface area (Å²) in [5, 5.41) is 26.6. The lowest BCUT2D eigenvalue weighted by atomic mass is 9.75. The zero-order chi connectivity index (χ0) is 11.5. The van der Waals surface area contributed by atoms with Crippen LogP contribution in [0.5, 0.6) is 0 Å². The van der Waals surface area contributed by atoms with E-state index < -0.39 is 13.4 Å². The monoisotopic (exact) mass is 215 g/mol. The van der Waals surface area contributed by atoms with Gasteiger partial charge in [-0.05, 0) is 11.7 Å². The number of anilines is 1. The van der Waals surface area contributed by atoms with Crippen LogP contribution in [0.2, 0.25) is 0 Å². The van der Waals surface area contributed by atoms with Gasteiger partial charge in [0, 0.05) is 19.8 Å². The lowest BCUT2D eigenvalue weighted by molar-refractivity contribution is 0.248. The topological polar surface area (TPSA) is 76.8 Å². The SMILES string of the molecule is CN(CCF)c1ccc([B-](O)(O)O)nc1. The molecule has 0 radical (unpaired) electrons. The number of aromatic nitrogens is 1. The Bertz CT molecular complexity index is 315. The van der Waals surface area contributed by atoms with E-state index in [4.69, 9.17) is 15.1 Å². The highest BCUT2D eigenvalue weighted by molar-refractivity contribution is 6.70. The molecule has 1 aromatic heterocycles. The summed E-state index contributed by atoms with van der Waals surface area (Å²) < 4.78 is 12.0. The minimum Gasteiger partial charge on any atom is -0.555 e. The third-order valence-corrected chi connectivity index (χ3v) is 2.03. The molecule has 0 spiro atoms. The molecule has 0 fully saturated rings. The van der Waals surface area contributed by atoms with Gasteiger partial charge in [0.2, 0.25) is 0 Å².